The van der Waals surface area contributed by atoms with E-state index in [0.29, 0.717) is 21.1 Å². The number of aromatic amines is 1. The summed E-state index contributed by atoms with van der Waals surface area (Å²) in [6.07, 6.45) is -1.05. The number of fused-ring (bicyclic) bond motifs is 1. The SMILES string of the molecule is CC[C@H]1OC[C@@H](Oc2nc3nc(-c4ccc(-c5ccc(S(C)(=N)=O)cc5)cc4)c(Cl)cc3[nH]2)C1(F)F. The summed E-state index contributed by atoms with van der Waals surface area (Å²) in [5.41, 5.74) is 3.83. The Bertz CT molecular complexity index is 1520. The number of nitrogens with zero attached hydrogens (tertiary/aromatic N) is 2. The molecule has 5 rings (SSSR count). The van der Waals surface area contributed by atoms with Crippen molar-refractivity contribution in [3.05, 3.63) is 59.6 Å². The summed E-state index contributed by atoms with van der Waals surface area (Å²) in [4.78, 5) is 12.1. The predicted molar refractivity (Wildman–Crippen MR) is 134 cm³/mol. The van der Waals surface area contributed by atoms with Gasteiger partial charge < -0.3 is 14.5 Å². The Morgan fingerprint density at radius 2 is 1.75 bits per heavy atom. The summed E-state index contributed by atoms with van der Waals surface area (Å²) in [5, 5.41) is 0.364. The molecule has 0 spiro atoms. The van der Waals surface area contributed by atoms with Crippen molar-refractivity contribution in [2.45, 2.75) is 36.4 Å². The molecule has 0 bridgehead atoms. The molecule has 3 atom stereocenters. The van der Waals surface area contributed by atoms with E-state index in [1.165, 1.54) is 6.26 Å². The van der Waals surface area contributed by atoms with Crippen LogP contribution in [0.5, 0.6) is 6.01 Å². The third-order valence-corrected chi connectivity index (χ3v) is 7.59. The van der Waals surface area contributed by atoms with Gasteiger partial charge in [-0.1, -0.05) is 54.9 Å². The van der Waals surface area contributed by atoms with Crippen molar-refractivity contribution in [3.63, 3.8) is 0 Å². The van der Waals surface area contributed by atoms with Crippen LogP contribution in [0.2, 0.25) is 5.02 Å². The molecule has 1 saturated heterocycles. The molecule has 0 aliphatic carbocycles. The van der Waals surface area contributed by atoms with Gasteiger partial charge in [0.2, 0.25) is 0 Å². The Labute approximate surface area is 211 Å². The van der Waals surface area contributed by atoms with Gasteiger partial charge >= 0.3 is 5.92 Å². The number of rotatable bonds is 6. The zero-order valence-electron chi connectivity index (χ0n) is 19.4. The molecule has 1 aliphatic heterocycles. The molecule has 2 aromatic heterocycles. The van der Waals surface area contributed by atoms with Crippen LogP contribution in [0.15, 0.2) is 59.5 Å². The lowest BCUT2D eigenvalue weighted by Gasteiger charge is -2.20. The average Bonchev–Trinajstić information content (AvgIpc) is 3.36. The summed E-state index contributed by atoms with van der Waals surface area (Å²) in [5.74, 6) is -3.12. The van der Waals surface area contributed by atoms with Gasteiger partial charge in [0.05, 0.1) is 32.6 Å². The highest BCUT2D eigenvalue weighted by Gasteiger charge is 2.54. The fourth-order valence-electron chi connectivity index (χ4n) is 4.15. The zero-order valence-corrected chi connectivity index (χ0v) is 21.0. The number of pyridine rings is 1. The number of ether oxygens (including phenoxy) is 2. The Balaban J connectivity index is 1.39. The number of halogens is 3. The van der Waals surface area contributed by atoms with Crippen molar-refractivity contribution >= 4 is 32.5 Å². The largest absolute Gasteiger partial charge is 0.452 e. The number of imidazole rings is 1. The molecule has 0 radical (unpaired) electrons. The summed E-state index contributed by atoms with van der Waals surface area (Å²) in [7, 11) is -2.77. The van der Waals surface area contributed by atoms with Gasteiger partial charge in [0.1, 0.15) is 6.10 Å². The van der Waals surface area contributed by atoms with Crippen LogP contribution in [0.3, 0.4) is 0 Å². The second-order valence-electron chi connectivity index (χ2n) is 8.69. The molecule has 7 nitrogen and oxygen atoms in total. The molecule has 2 N–H and O–H groups in total. The third-order valence-electron chi connectivity index (χ3n) is 6.13. The van der Waals surface area contributed by atoms with Crippen LogP contribution in [0.4, 0.5) is 8.78 Å². The number of benzene rings is 2. The van der Waals surface area contributed by atoms with Crippen LogP contribution in [0.1, 0.15) is 13.3 Å². The van der Waals surface area contributed by atoms with E-state index in [1.807, 2.05) is 36.4 Å². The van der Waals surface area contributed by atoms with E-state index in [9.17, 15) is 13.0 Å². The van der Waals surface area contributed by atoms with Crippen LogP contribution in [-0.2, 0) is 14.5 Å². The van der Waals surface area contributed by atoms with E-state index in [2.05, 4.69) is 15.0 Å². The molecule has 188 valence electrons. The molecule has 11 heteroatoms. The number of H-pyrrole nitrogens is 1. The van der Waals surface area contributed by atoms with E-state index in [1.54, 1.807) is 25.1 Å². The predicted octanol–water partition coefficient (Wildman–Crippen LogP) is 6.17. The first kappa shape index (κ1) is 24.6. The molecule has 3 heterocycles. The van der Waals surface area contributed by atoms with Gasteiger partial charge in [-0.05, 0) is 35.7 Å². The molecule has 0 saturated carbocycles. The number of hydrogen-bond acceptors (Lipinski definition) is 6. The molecule has 36 heavy (non-hydrogen) atoms. The Kier molecular flexibility index (Phi) is 6.22. The second kappa shape index (κ2) is 9.10. The zero-order chi connectivity index (χ0) is 25.7. The van der Waals surface area contributed by atoms with Gasteiger partial charge in [-0.3, -0.25) is 0 Å². The van der Waals surface area contributed by atoms with Crippen molar-refractivity contribution in [1.82, 2.24) is 15.0 Å². The van der Waals surface area contributed by atoms with Crippen molar-refractivity contribution in [1.29, 1.82) is 4.78 Å². The molecular formula is C25H23ClF2N4O3S. The minimum atomic E-state index is -3.12. The van der Waals surface area contributed by atoms with Crippen LogP contribution >= 0.6 is 11.6 Å². The van der Waals surface area contributed by atoms with Crippen molar-refractivity contribution in [3.8, 4) is 28.4 Å². The van der Waals surface area contributed by atoms with Crippen LogP contribution < -0.4 is 4.74 Å². The first-order valence-corrected chi connectivity index (χ1v) is 13.6. The Morgan fingerprint density at radius 3 is 2.33 bits per heavy atom. The summed E-state index contributed by atoms with van der Waals surface area (Å²) in [6.45, 7) is 1.42. The summed E-state index contributed by atoms with van der Waals surface area (Å²) < 4.78 is 59.1. The van der Waals surface area contributed by atoms with E-state index in [-0.39, 0.29) is 24.7 Å². The summed E-state index contributed by atoms with van der Waals surface area (Å²) in [6, 6.07) is 16.1. The van der Waals surface area contributed by atoms with Gasteiger partial charge in [-0.15, -0.1) is 0 Å². The smallest absolute Gasteiger partial charge is 0.311 e. The minimum absolute atomic E-state index is 0.0711. The first-order valence-electron chi connectivity index (χ1n) is 11.2. The number of alkyl halides is 2. The van der Waals surface area contributed by atoms with E-state index >= 15 is 0 Å². The monoisotopic (exact) mass is 532 g/mol. The Hall–Kier alpha value is -3.08. The lowest BCUT2D eigenvalue weighted by atomic mass is 10.0. The third kappa shape index (κ3) is 4.56. The molecule has 2 aromatic carbocycles. The normalized spacial score (nSPS) is 20.9. The highest BCUT2D eigenvalue weighted by molar-refractivity contribution is 7.91. The maximum Gasteiger partial charge on any atom is 0.311 e. The number of aromatic nitrogens is 3. The molecule has 0 amide bonds. The van der Waals surface area contributed by atoms with Crippen molar-refractivity contribution < 1.29 is 22.5 Å². The van der Waals surface area contributed by atoms with Crippen LogP contribution in [0.25, 0.3) is 33.5 Å². The lowest BCUT2D eigenvalue weighted by molar-refractivity contribution is -0.106. The van der Waals surface area contributed by atoms with Gasteiger partial charge in [0.15, 0.2) is 11.8 Å². The number of nitrogens with one attached hydrogen (secondary N) is 2. The maximum atomic E-state index is 14.4. The quantitative estimate of drug-likeness (QED) is 0.309. The fraction of sp³-hybridized carbons (Fsp3) is 0.280. The molecular weight excluding hydrogens is 510 g/mol. The second-order valence-corrected chi connectivity index (χ2v) is 11.3. The molecule has 1 fully saturated rings. The lowest BCUT2D eigenvalue weighted by Crippen LogP contribution is -2.41. The van der Waals surface area contributed by atoms with Crippen LogP contribution in [-0.4, -0.2) is 50.2 Å². The first-order chi connectivity index (χ1) is 17.1. The van der Waals surface area contributed by atoms with E-state index < -0.39 is 27.9 Å². The van der Waals surface area contributed by atoms with Crippen molar-refractivity contribution in [2.75, 3.05) is 12.9 Å². The molecule has 1 aliphatic rings. The minimum Gasteiger partial charge on any atom is -0.452 e. The maximum absolute atomic E-state index is 14.4. The van der Waals surface area contributed by atoms with Gasteiger partial charge in [0, 0.05) is 16.7 Å². The Morgan fingerprint density at radius 1 is 1.14 bits per heavy atom. The average molecular weight is 533 g/mol. The van der Waals surface area contributed by atoms with E-state index in [0.717, 1.165) is 16.7 Å². The fourth-order valence-corrected chi connectivity index (χ4v) is 5.07. The standard InChI is InChI=1S/C25H23ClF2N4O3S/c1-3-20-25(27,28)21(13-34-20)35-24-30-19-12-18(26)22(31-23(19)32-24)16-6-4-14(5-7-16)15-8-10-17(11-9-15)36(2,29)33/h4-12,20-21,29H,3,13H2,1-2H3,(H,30,31,32)/t20-,21-,36?/m1/s1. The van der Waals surface area contributed by atoms with Crippen LogP contribution in [0, 0.1) is 4.78 Å². The molecule has 1 unspecified atom stereocenters. The summed E-state index contributed by atoms with van der Waals surface area (Å²) >= 11 is 6.48. The number of hydrogen-bond donors (Lipinski definition) is 2. The van der Waals surface area contributed by atoms with Gasteiger partial charge in [-0.25, -0.2) is 14.0 Å². The van der Waals surface area contributed by atoms with Gasteiger partial charge in [-0.2, -0.15) is 13.8 Å². The highest BCUT2D eigenvalue weighted by atomic mass is 35.5. The van der Waals surface area contributed by atoms with E-state index in [4.69, 9.17) is 25.9 Å². The highest BCUT2D eigenvalue weighted by Crippen LogP contribution is 2.37. The van der Waals surface area contributed by atoms with Gasteiger partial charge in [0.25, 0.3) is 6.01 Å². The molecule has 4 aromatic rings. The van der Waals surface area contributed by atoms with Crippen molar-refractivity contribution in [2.24, 2.45) is 0 Å². The topological polar surface area (TPSA) is 101 Å².